The number of sulfonamides is 1. The third-order valence-electron chi connectivity index (χ3n) is 2.80. The smallest absolute Gasteiger partial charge is 0.339 e. The van der Waals surface area contributed by atoms with E-state index >= 15 is 0 Å². The minimum Gasteiger partial charge on any atom is -0.486 e. The van der Waals surface area contributed by atoms with E-state index in [9.17, 15) is 13.2 Å². The van der Waals surface area contributed by atoms with Gasteiger partial charge in [-0.3, -0.25) is 0 Å². The number of hydrogen-bond donors (Lipinski definition) is 2. The van der Waals surface area contributed by atoms with Crippen LogP contribution in [0, 0.1) is 0 Å². The van der Waals surface area contributed by atoms with Gasteiger partial charge in [-0.25, -0.2) is 23.3 Å². The van der Waals surface area contributed by atoms with Crippen molar-refractivity contribution >= 4 is 16.0 Å². The predicted octanol–water partition coefficient (Wildman–Crippen LogP) is 0.345. The number of carboxylic acids is 1. The van der Waals surface area contributed by atoms with Crippen LogP contribution in [-0.2, 0) is 23.7 Å². The maximum atomic E-state index is 11.2. The molecular weight excluding hydrogens is 298 g/mol. The number of hydrogen-bond acceptors (Lipinski definition) is 5. The van der Waals surface area contributed by atoms with Crippen LogP contribution in [0.4, 0.5) is 0 Å². The van der Waals surface area contributed by atoms with E-state index in [1.54, 1.807) is 24.1 Å². The summed E-state index contributed by atoms with van der Waals surface area (Å²) in [7, 11) is -2.20. The van der Waals surface area contributed by atoms with Gasteiger partial charge in [-0.1, -0.05) is 0 Å². The zero-order valence-electron chi connectivity index (χ0n) is 11.1. The average Bonchev–Trinajstić information content (AvgIpc) is 2.80. The molecule has 0 radical (unpaired) electrons. The molecule has 9 heteroatoms. The highest BCUT2D eigenvalue weighted by molar-refractivity contribution is 7.89. The van der Waals surface area contributed by atoms with E-state index in [0.717, 1.165) is 11.8 Å². The van der Waals surface area contributed by atoms with Gasteiger partial charge in [0.05, 0.1) is 23.1 Å². The number of nitrogens with two attached hydrogens (primary N) is 1. The molecule has 0 saturated heterocycles. The van der Waals surface area contributed by atoms with Gasteiger partial charge in [0.15, 0.2) is 0 Å². The van der Waals surface area contributed by atoms with Gasteiger partial charge in [0, 0.05) is 7.05 Å². The first-order chi connectivity index (χ1) is 9.79. The van der Waals surface area contributed by atoms with Crippen LogP contribution in [0.2, 0.25) is 0 Å². The number of primary sulfonamides is 1. The Hall–Kier alpha value is -2.39. The zero-order valence-corrected chi connectivity index (χ0v) is 11.9. The van der Waals surface area contributed by atoms with E-state index in [0.29, 0.717) is 0 Å². The van der Waals surface area contributed by atoms with Gasteiger partial charge in [0.25, 0.3) is 0 Å². The molecule has 0 aliphatic heterocycles. The molecule has 0 aliphatic rings. The molecule has 1 aromatic heterocycles. The third-order valence-corrected chi connectivity index (χ3v) is 3.71. The third kappa shape index (κ3) is 3.38. The summed E-state index contributed by atoms with van der Waals surface area (Å²) < 4.78 is 29.6. The van der Waals surface area contributed by atoms with Gasteiger partial charge in [0.1, 0.15) is 17.9 Å². The summed E-state index contributed by atoms with van der Waals surface area (Å²) in [6.45, 7) is 0.103. The molecule has 1 heterocycles. The fraction of sp³-hybridized carbons (Fsp3) is 0.167. The fourth-order valence-electron chi connectivity index (χ4n) is 1.65. The lowest BCUT2D eigenvalue weighted by Crippen LogP contribution is -2.14. The first-order valence-electron chi connectivity index (χ1n) is 5.77. The summed E-state index contributed by atoms with van der Waals surface area (Å²) in [5, 5.41) is 14.1. The van der Waals surface area contributed by atoms with Crippen LogP contribution >= 0.6 is 0 Å². The molecule has 1 aromatic carbocycles. The Labute approximate surface area is 120 Å². The lowest BCUT2D eigenvalue weighted by Gasteiger charge is -2.10. The fourth-order valence-corrected chi connectivity index (χ4v) is 2.19. The van der Waals surface area contributed by atoms with E-state index in [-0.39, 0.29) is 22.8 Å². The van der Waals surface area contributed by atoms with Crippen molar-refractivity contribution in [2.24, 2.45) is 12.2 Å². The number of carboxylic acid groups (broad SMARTS) is 1. The van der Waals surface area contributed by atoms with Gasteiger partial charge < -0.3 is 14.4 Å². The van der Waals surface area contributed by atoms with Crippen molar-refractivity contribution in [1.82, 2.24) is 9.55 Å². The SMILES string of the molecule is Cn1cncc1COc1ccc(S(N)(=O)=O)cc1C(=O)O. The summed E-state index contributed by atoms with van der Waals surface area (Å²) in [5.41, 5.74) is 0.463. The first kappa shape index (κ1) is 15.0. The number of imidazole rings is 1. The summed E-state index contributed by atoms with van der Waals surface area (Å²) >= 11 is 0. The molecule has 2 rings (SSSR count). The molecule has 0 spiro atoms. The van der Waals surface area contributed by atoms with E-state index in [1.807, 2.05) is 0 Å². The largest absolute Gasteiger partial charge is 0.486 e. The highest BCUT2D eigenvalue weighted by Crippen LogP contribution is 2.23. The van der Waals surface area contributed by atoms with E-state index in [1.165, 1.54) is 12.1 Å². The van der Waals surface area contributed by atoms with Gasteiger partial charge >= 0.3 is 5.97 Å². The standard InChI is InChI=1S/C12H13N3O5S/c1-15-7-14-5-8(15)6-20-11-3-2-9(21(13,18)19)4-10(11)12(16)17/h2-5,7H,6H2,1H3,(H,16,17)(H2,13,18,19). The van der Waals surface area contributed by atoms with Crippen LogP contribution in [0.1, 0.15) is 16.1 Å². The summed E-state index contributed by atoms with van der Waals surface area (Å²) in [6, 6.07) is 3.43. The van der Waals surface area contributed by atoms with Gasteiger partial charge in [-0.15, -0.1) is 0 Å². The normalized spacial score (nSPS) is 11.3. The van der Waals surface area contributed by atoms with Crippen LogP contribution in [-0.4, -0.2) is 29.0 Å². The van der Waals surface area contributed by atoms with Crippen LogP contribution < -0.4 is 9.88 Å². The van der Waals surface area contributed by atoms with E-state index < -0.39 is 16.0 Å². The summed E-state index contributed by atoms with van der Waals surface area (Å²) in [6.07, 6.45) is 3.17. The molecule has 2 aromatic rings. The molecule has 0 saturated carbocycles. The van der Waals surface area contributed by atoms with Crippen molar-refractivity contribution < 1.29 is 23.1 Å². The number of rotatable bonds is 5. The molecule has 0 amide bonds. The second kappa shape index (κ2) is 5.54. The molecule has 0 aliphatic carbocycles. The summed E-state index contributed by atoms with van der Waals surface area (Å²) in [5.74, 6) is -1.25. The van der Waals surface area contributed by atoms with E-state index in [2.05, 4.69) is 4.98 Å². The van der Waals surface area contributed by atoms with Crippen LogP contribution in [0.25, 0.3) is 0 Å². The van der Waals surface area contributed by atoms with Crippen molar-refractivity contribution in [2.75, 3.05) is 0 Å². The number of nitrogens with zero attached hydrogens (tertiary/aromatic N) is 2. The number of aromatic nitrogens is 2. The van der Waals surface area contributed by atoms with Crippen molar-refractivity contribution in [2.45, 2.75) is 11.5 Å². The van der Waals surface area contributed by atoms with Crippen LogP contribution in [0.3, 0.4) is 0 Å². The quantitative estimate of drug-likeness (QED) is 0.820. The maximum absolute atomic E-state index is 11.2. The Bertz CT molecular complexity index is 782. The Morgan fingerprint density at radius 1 is 1.48 bits per heavy atom. The van der Waals surface area contributed by atoms with Crippen molar-refractivity contribution in [1.29, 1.82) is 0 Å². The number of aromatic carboxylic acids is 1. The molecule has 112 valence electrons. The molecule has 0 fully saturated rings. The molecule has 3 N–H and O–H groups in total. The topological polar surface area (TPSA) is 125 Å². The minimum atomic E-state index is -3.97. The molecular formula is C12H13N3O5S. The minimum absolute atomic E-state index is 0.0519. The highest BCUT2D eigenvalue weighted by atomic mass is 32.2. The van der Waals surface area contributed by atoms with Gasteiger partial charge in [-0.2, -0.15) is 0 Å². The molecule has 0 atom stereocenters. The Kier molecular flexibility index (Phi) is 3.96. The van der Waals surface area contributed by atoms with E-state index in [4.69, 9.17) is 15.0 Å². The Morgan fingerprint density at radius 3 is 2.71 bits per heavy atom. The van der Waals surface area contributed by atoms with Gasteiger partial charge in [-0.05, 0) is 18.2 Å². The number of ether oxygens (including phenoxy) is 1. The second-order valence-electron chi connectivity index (χ2n) is 4.29. The van der Waals surface area contributed by atoms with Crippen molar-refractivity contribution in [3.63, 3.8) is 0 Å². The second-order valence-corrected chi connectivity index (χ2v) is 5.85. The number of benzene rings is 1. The Balaban J connectivity index is 2.31. The van der Waals surface area contributed by atoms with Crippen molar-refractivity contribution in [3.05, 3.63) is 42.0 Å². The monoisotopic (exact) mass is 311 g/mol. The summed E-state index contributed by atoms with van der Waals surface area (Å²) in [4.78, 5) is 14.8. The predicted molar refractivity (Wildman–Crippen MR) is 72.3 cm³/mol. The van der Waals surface area contributed by atoms with Crippen LogP contribution in [0.5, 0.6) is 5.75 Å². The Morgan fingerprint density at radius 2 is 2.19 bits per heavy atom. The average molecular weight is 311 g/mol. The maximum Gasteiger partial charge on any atom is 0.339 e. The number of aryl methyl sites for hydroxylation is 1. The molecule has 8 nitrogen and oxygen atoms in total. The molecule has 0 bridgehead atoms. The van der Waals surface area contributed by atoms with Crippen molar-refractivity contribution in [3.8, 4) is 5.75 Å². The van der Waals surface area contributed by atoms with Crippen LogP contribution in [0.15, 0.2) is 35.6 Å². The lowest BCUT2D eigenvalue weighted by atomic mass is 10.2. The zero-order chi connectivity index (χ0) is 15.6. The molecule has 21 heavy (non-hydrogen) atoms. The molecule has 0 unspecified atom stereocenters. The van der Waals surface area contributed by atoms with Gasteiger partial charge in [0.2, 0.25) is 10.0 Å². The highest BCUT2D eigenvalue weighted by Gasteiger charge is 2.17. The number of carbonyl (C=O) groups is 1. The lowest BCUT2D eigenvalue weighted by molar-refractivity contribution is 0.0691. The first-order valence-corrected chi connectivity index (χ1v) is 7.32.